The molecular formula is C31H36N2O2. The summed E-state index contributed by atoms with van der Waals surface area (Å²) in [5.41, 5.74) is 5.07. The number of benzene rings is 2. The minimum absolute atomic E-state index is 0.0118. The number of hydrogen-bond acceptors (Lipinski definition) is 3. The van der Waals surface area contributed by atoms with Gasteiger partial charge in [0.25, 0.3) is 5.91 Å². The Labute approximate surface area is 208 Å². The van der Waals surface area contributed by atoms with Gasteiger partial charge in [-0.05, 0) is 91.8 Å². The van der Waals surface area contributed by atoms with Crippen molar-refractivity contribution in [2.75, 3.05) is 0 Å². The molecule has 2 aliphatic rings. The van der Waals surface area contributed by atoms with Crippen LogP contribution in [0.4, 0.5) is 0 Å². The maximum Gasteiger partial charge on any atom is 0.251 e. The van der Waals surface area contributed by atoms with Crippen LogP contribution < -0.4 is 5.32 Å². The molecule has 0 unspecified atom stereocenters. The van der Waals surface area contributed by atoms with Crippen molar-refractivity contribution >= 4 is 5.91 Å². The Bertz CT molecular complexity index is 1160. The second-order valence-corrected chi connectivity index (χ2v) is 10.6. The molecule has 4 heteroatoms. The lowest BCUT2D eigenvalue weighted by atomic mass is 9.52. The van der Waals surface area contributed by atoms with E-state index in [2.05, 4.69) is 59.7 Å². The average Bonchev–Trinajstić information content (AvgIpc) is 2.89. The Morgan fingerprint density at radius 2 is 1.91 bits per heavy atom. The number of pyridine rings is 1. The monoisotopic (exact) mass is 468 g/mol. The van der Waals surface area contributed by atoms with E-state index in [0.29, 0.717) is 18.0 Å². The van der Waals surface area contributed by atoms with Gasteiger partial charge in [-0.15, -0.1) is 0 Å². The molecule has 0 bridgehead atoms. The lowest BCUT2D eigenvalue weighted by Crippen LogP contribution is -2.51. The van der Waals surface area contributed by atoms with Crippen molar-refractivity contribution in [2.45, 2.75) is 75.9 Å². The Morgan fingerprint density at radius 3 is 2.69 bits per heavy atom. The van der Waals surface area contributed by atoms with E-state index >= 15 is 0 Å². The number of aliphatic hydroxyl groups is 1. The minimum atomic E-state index is -0.539. The van der Waals surface area contributed by atoms with Gasteiger partial charge >= 0.3 is 0 Å². The van der Waals surface area contributed by atoms with Gasteiger partial charge in [-0.25, -0.2) is 0 Å². The van der Waals surface area contributed by atoms with Crippen LogP contribution in [0, 0.1) is 5.92 Å². The Balaban J connectivity index is 1.43. The molecule has 1 saturated carbocycles. The van der Waals surface area contributed by atoms with Crippen LogP contribution in [0.1, 0.15) is 78.2 Å². The molecule has 0 saturated heterocycles. The second-order valence-electron chi connectivity index (χ2n) is 10.6. The predicted octanol–water partition coefficient (Wildman–Crippen LogP) is 5.77. The summed E-state index contributed by atoms with van der Waals surface area (Å²) in [5, 5.41) is 14.4. The molecule has 3 atom stereocenters. The first-order valence-corrected chi connectivity index (χ1v) is 13.1. The number of rotatable bonds is 7. The summed E-state index contributed by atoms with van der Waals surface area (Å²) in [5.74, 6) is 0.392. The highest BCUT2D eigenvalue weighted by molar-refractivity contribution is 5.94. The molecule has 5 rings (SSSR count). The van der Waals surface area contributed by atoms with Gasteiger partial charge in [-0.3, -0.25) is 9.78 Å². The van der Waals surface area contributed by atoms with Crippen molar-refractivity contribution < 1.29 is 9.90 Å². The van der Waals surface area contributed by atoms with Crippen molar-refractivity contribution in [3.63, 3.8) is 0 Å². The summed E-state index contributed by atoms with van der Waals surface area (Å²) >= 11 is 0. The highest BCUT2D eigenvalue weighted by atomic mass is 16.3. The topological polar surface area (TPSA) is 62.2 Å². The van der Waals surface area contributed by atoms with Crippen LogP contribution in [0.25, 0.3) is 0 Å². The van der Waals surface area contributed by atoms with Gasteiger partial charge in [0.1, 0.15) is 0 Å². The molecule has 1 amide bonds. The zero-order valence-electron chi connectivity index (χ0n) is 20.7. The van der Waals surface area contributed by atoms with Gasteiger partial charge in [-0.2, -0.15) is 0 Å². The standard InChI is InChI=1S/C31H36N2O2/c1-2-15-30(35)16-17-31(20-23-8-4-3-5-9-23)26(21-30)13-11-24-19-25(12-14-28(24)31)29(34)33-22-27-10-6-7-18-32-27/h3-10,12,14,18-19,26,35H,2,11,13,15-17,20-22H2,1H3,(H,33,34)/t26-,30-,31+/m1/s1. The highest BCUT2D eigenvalue weighted by Crippen LogP contribution is 2.55. The van der Waals surface area contributed by atoms with E-state index in [9.17, 15) is 9.90 Å². The van der Waals surface area contributed by atoms with Crippen molar-refractivity contribution in [1.82, 2.24) is 10.3 Å². The summed E-state index contributed by atoms with van der Waals surface area (Å²) < 4.78 is 0. The lowest BCUT2D eigenvalue weighted by molar-refractivity contribution is -0.0565. The maximum atomic E-state index is 12.9. The fourth-order valence-electron chi connectivity index (χ4n) is 6.66. The lowest BCUT2D eigenvalue weighted by Gasteiger charge is -2.53. The number of nitrogens with zero attached hydrogens (tertiary/aromatic N) is 1. The summed E-state index contributed by atoms with van der Waals surface area (Å²) in [6.45, 7) is 2.59. The van der Waals surface area contributed by atoms with Gasteiger partial charge in [0.15, 0.2) is 0 Å². The zero-order chi connectivity index (χ0) is 24.3. The molecule has 1 heterocycles. The third-order valence-corrected chi connectivity index (χ3v) is 8.34. The molecule has 2 aromatic carbocycles. The van der Waals surface area contributed by atoms with E-state index in [1.54, 1.807) is 6.20 Å². The number of aromatic nitrogens is 1. The third kappa shape index (κ3) is 4.90. The van der Waals surface area contributed by atoms with Crippen molar-refractivity contribution in [2.24, 2.45) is 5.92 Å². The first-order chi connectivity index (χ1) is 17.0. The molecule has 0 spiro atoms. The van der Waals surface area contributed by atoms with Crippen LogP contribution in [0.2, 0.25) is 0 Å². The average molecular weight is 469 g/mol. The number of carbonyl (C=O) groups is 1. The number of amides is 1. The summed E-state index contributed by atoms with van der Waals surface area (Å²) in [4.78, 5) is 17.2. The van der Waals surface area contributed by atoms with Gasteiger partial charge < -0.3 is 10.4 Å². The largest absolute Gasteiger partial charge is 0.390 e. The van der Waals surface area contributed by atoms with Crippen LogP contribution in [-0.2, 0) is 24.8 Å². The smallest absolute Gasteiger partial charge is 0.251 e. The molecule has 0 radical (unpaired) electrons. The van der Waals surface area contributed by atoms with Gasteiger partial charge in [-0.1, -0.05) is 55.8 Å². The van der Waals surface area contributed by atoms with Crippen LogP contribution in [0.15, 0.2) is 72.9 Å². The maximum absolute atomic E-state index is 12.9. The van der Waals surface area contributed by atoms with Crippen LogP contribution in [0.5, 0.6) is 0 Å². The number of aryl methyl sites for hydroxylation is 1. The highest BCUT2D eigenvalue weighted by Gasteiger charge is 2.51. The second kappa shape index (κ2) is 9.94. The molecule has 4 nitrogen and oxygen atoms in total. The predicted molar refractivity (Wildman–Crippen MR) is 139 cm³/mol. The quantitative estimate of drug-likeness (QED) is 0.463. The normalized spacial score (nSPS) is 25.4. The van der Waals surface area contributed by atoms with Crippen LogP contribution in [0.3, 0.4) is 0 Å². The SMILES string of the molecule is CCC[C@@]1(O)CC[C@@]2(Cc3ccccc3)c3ccc(C(=O)NCc4ccccn4)cc3CC[C@@H]2C1. The number of carbonyl (C=O) groups excluding carboxylic acids is 1. The fourth-order valence-corrected chi connectivity index (χ4v) is 6.66. The van der Waals surface area contributed by atoms with E-state index < -0.39 is 5.60 Å². The van der Waals surface area contributed by atoms with E-state index in [0.717, 1.165) is 57.1 Å². The third-order valence-electron chi connectivity index (χ3n) is 8.34. The Morgan fingerprint density at radius 1 is 1.09 bits per heavy atom. The zero-order valence-corrected chi connectivity index (χ0v) is 20.7. The first kappa shape index (κ1) is 23.7. The first-order valence-electron chi connectivity index (χ1n) is 13.1. The molecule has 35 heavy (non-hydrogen) atoms. The molecule has 2 aliphatic carbocycles. The molecule has 182 valence electrons. The van der Waals surface area contributed by atoms with E-state index in [4.69, 9.17) is 0 Å². The van der Waals surface area contributed by atoms with E-state index in [1.165, 1.54) is 16.7 Å². The molecule has 1 fully saturated rings. The van der Waals surface area contributed by atoms with Gasteiger partial charge in [0.2, 0.25) is 0 Å². The number of hydrogen-bond donors (Lipinski definition) is 2. The van der Waals surface area contributed by atoms with Gasteiger partial charge in [0, 0.05) is 17.2 Å². The Kier molecular flexibility index (Phi) is 6.75. The van der Waals surface area contributed by atoms with Crippen LogP contribution >= 0.6 is 0 Å². The molecular weight excluding hydrogens is 432 g/mol. The van der Waals surface area contributed by atoms with E-state index in [-0.39, 0.29) is 11.3 Å². The van der Waals surface area contributed by atoms with E-state index in [1.807, 2.05) is 24.3 Å². The molecule has 3 aromatic rings. The van der Waals surface area contributed by atoms with Crippen LogP contribution in [-0.4, -0.2) is 21.6 Å². The summed E-state index contributed by atoms with van der Waals surface area (Å²) in [7, 11) is 0. The minimum Gasteiger partial charge on any atom is -0.390 e. The van der Waals surface area contributed by atoms with Crippen molar-refractivity contribution in [3.05, 3.63) is 101 Å². The summed E-state index contributed by atoms with van der Waals surface area (Å²) in [6, 6.07) is 22.8. The molecule has 1 aromatic heterocycles. The van der Waals surface area contributed by atoms with Crippen molar-refractivity contribution in [1.29, 1.82) is 0 Å². The number of nitrogens with one attached hydrogen (secondary N) is 1. The Hall–Kier alpha value is -2.98. The number of fused-ring (bicyclic) bond motifs is 3. The van der Waals surface area contributed by atoms with Crippen molar-refractivity contribution in [3.8, 4) is 0 Å². The van der Waals surface area contributed by atoms with Gasteiger partial charge in [0.05, 0.1) is 17.8 Å². The fraction of sp³-hybridized carbons (Fsp3) is 0.419. The molecule has 0 aliphatic heterocycles. The molecule has 2 N–H and O–H groups in total. The summed E-state index contributed by atoms with van der Waals surface area (Å²) in [6.07, 6.45) is 9.35.